The van der Waals surface area contributed by atoms with E-state index in [9.17, 15) is 9.59 Å². The number of piperazine rings is 1. The van der Waals surface area contributed by atoms with Gasteiger partial charge in [-0.1, -0.05) is 18.2 Å². The van der Waals surface area contributed by atoms with Gasteiger partial charge in [0.25, 0.3) is 0 Å². The van der Waals surface area contributed by atoms with Crippen LogP contribution in [-0.2, 0) is 4.79 Å². The Hall–Kier alpha value is -2.82. The number of methoxy groups -OCH3 is 1. The van der Waals surface area contributed by atoms with Gasteiger partial charge >= 0.3 is 0 Å². The first-order valence-electron chi connectivity index (χ1n) is 9.39. The van der Waals surface area contributed by atoms with Gasteiger partial charge in [-0.2, -0.15) is 0 Å². The van der Waals surface area contributed by atoms with Crippen molar-refractivity contribution in [2.75, 3.05) is 38.2 Å². The number of hydrogen-bond donors (Lipinski definition) is 0. The summed E-state index contributed by atoms with van der Waals surface area (Å²) >= 11 is 0. The molecule has 140 valence electrons. The molecular weight excluding hydrogens is 340 g/mol. The second kappa shape index (κ2) is 7.06. The SMILES string of the molecule is COc1ccc(N2CCN(C(=O)C3CC(=O)c4cccc(C)c43)CC2)cc1. The summed E-state index contributed by atoms with van der Waals surface area (Å²) in [6, 6.07) is 13.7. The molecule has 0 aromatic heterocycles. The number of nitrogens with zero attached hydrogens (tertiary/aromatic N) is 2. The molecule has 1 amide bonds. The maximum Gasteiger partial charge on any atom is 0.230 e. The van der Waals surface area contributed by atoms with Crippen LogP contribution in [0.4, 0.5) is 5.69 Å². The van der Waals surface area contributed by atoms with Crippen LogP contribution in [0, 0.1) is 6.92 Å². The number of ether oxygens (including phenoxy) is 1. The van der Waals surface area contributed by atoms with Crippen molar-refractivity contribution >= 4 is 17.4 Å². The van der Waals surface area contributed by atoms with E-state index in [1.165, 1.54) is 0 Å². The maximum atomic E-state index is 13.1. The van der Waals surface area contributed by atoms with Gasteiger partial charge < -0.3 is 14.5 Å². The highest BCUT2D eigenvalue weighted by molar-refractivity contribution is 6.07. The molecule has 27 heavy (non-hydrogen) atoms. The summed E-state index contributed by atoms with van der Waals surface area (Å²) in [7, 11) is 1.66. The number of rotatable bonds is 3. The Kier molecular flexibility index (Phi) is 4.60. The van der Waals surface area contributed by atoms with E-state index in [1.807, 2.05) is 54.3 Å². The number of aryl methyl sites for hydroxylation is 1. The Bertz CT molecular complexity index is 868. The van der Waals surface area contributed by atoms with E-state index in [1.54, 1.807) is 7.11 Å². The number of benzene rings is 2. The standard InChI is InChI=1S/C22H24N2O3/c1-15-4-3-5-18-20(25)14-19(21(15)18)22(26)24-12-10-23(11-13-24)16-6-8-17(27-2)9-7-16/h3-9,19H,10-14H2,1-2H3. The molecule has 5 heteroatoms. The van der Waals surface area contributed by atoms with E-state index in [-0.39, 0.29) is 17.6 Å². The number of fused-ring (bicyclic) bond motifs is 1. The zero-order valence-electron chi connectivity index (χ0n) is 15.8. The highest BCUT2D eigenvalue weighted by Crippen LogP contribution is 2.37. The number of hydrogen-bond acceptors (Lipinski definition) is 4. The number of Topliss-reactive ketones (excluding diaryl/α,β-unsaturated/α-hetero) is 1. The number of anilines is 1. The molecule has 1 heterocycles. The van der Waals surface area contributed by atoms with Gasteiger partial charge in [-0.3, -0.25) is 9.59 Å². The predicted molar refractivity (Wildman–Crippen MR) is 105 cm³/mol. The lowest BCUT2D eigenvalue weighted by molar-refractivity contribution is -0.133. The summed E-state index contributed by atoms with van der Waals surface area (Å²) in [5.41, 5.74) is 3.84. The van der Waals surface area contributed by atoms with Gasteiger partial charge in [0.1, 0.15) is 5.75 Å². The Morgan fingerprint density at radius 2 is 1.74 bits per heavy atom. The summed E-state index contributed by atoms with van der Waals surface area (Å²) in [5, 5.41) is 0. The first-order valence-corrected chi connectivity index (χ1v) is 9.39. The van der Waals surface area contributed by atoms with Crippen LogP contribution in [0.3, 0.4) is 0 Å². The normalized spacial score (nSPS) is 19.2. The van der Waals surface area contributed by atoms with E-state index in [2.05, 4.69) is 4.90 Å². The van der Waals surface area contributed by atoms with Crippen LogP contribution in [0.2, 0.25) is 0 Å². The molecule has 5 nitrogen and oxygen atoms in total. The molecule has 4 rings (SSSR count). The summed E-state index contributed by atoms with van der Waals surface area (Å²) in [6.45, 7) is 4.92. The van der Waals surface area contributed by atoms with Crippen molar-refractivity contribution in [1.82, 2.24) is 4.90 Å². The number of carbonyl (C=O) groups excluding carboxylic acids is 2. The fourth-order valence-corrected chi connectivity index (χ4v) is 4.19. The number of carbonyl (C=O) groups is 2. The van der Waals surface area contributed by atoms with Gasteiger partial charge in [-0.05, 0) is 42.3 Å². The summed E-state index contributed by atoms with van der Waals surface area (Å²) < 4.78 is 5.21. The molecule has 1 aliphatic carbocycles. The Morgan fingerprint density at radius 3 is 2.41 bits per heavy atom. The van der Waals surface area contributed by atoms with E-state index in [0.29, 0.717) is 19.5 Å². The molecule has 1 unspecified atom stereocenters. The van der Waals surface area contributed by atoms with E-state index >= 15 is 0 Å². The quantitative estimate of drug-likeness (QED) is 0.840. The molecule has 2 aromatic carbocycles. The fourth-order valence-electron chi connectivity index (χ4n) is 4.19. The van der Waals surface area contributed by atoms with Crippen molar-refractivity contribution in [2.24, 2.45) is 0 Å². The minimum absolute atomic E-state index is 0.0870. The largest absolute Gasteiger partial charge is 0.497 e. The van der Waals surface area contributed by atoms with Gasteiger partial charge in [-0.15, -0.1) is 0 Å². The molecule has 0 radical (unpaired) electrons. The van der Waals surface area contributed by atoms with Gasteiger partial charge in [0.15, 0.2) is 5.78 Å². The monoisotopic (exact) mass is 364 g/mol. The van der Waals surface area contributed by atoms with Crippen molar-refractivity contribution in [3.63, 3.8) is 0 Å². The smallest absolute Gasteiger partial charge is 0.230 e. The van der Waals surface area contributed by atoms with E-state index < -0.39 is 0 Å². The topological polar surface area (TPSA) is 49.9 Å². The van der Waals surface area contributed by atoms with Crippen LogP contribution in [0.1, 0.15) is 33.8 Å². The van der Waals surface area contributed by atoms with E-state index in [4.69, 9.17) is 4.74 Å². The highest BCUT2D eigenvalue weighted by Gasteiger charge is 2.38. The Labute approximate surface area is 159 Å². The molecule has 1 fully saturated rings. The van der Waals surface area contributed by atoms with Crippen molar-refractivity contribution in [2.45, 2.75) is 19.3 Å². The summed E-state index contributed by atoms with van der Waals surface area (Å²) in [5.74, 6) is 0.698. The van der Waals surface area contributed by atoms with Crippen LogP contribution >= 0.6 is 0 Å². The lowest BCUT2D eigenvalue weighted by atomic mass is 9.95. The van der Waals surface area contributed by atoms with Crippen molar-refractivity contribution in [3.05, 3.63) is 59.2 Å². The predicted octanol–water partition coefficient (Wildman–Crippen LogP) is 3.02. The molecule has 1 saturated heterocycles. The van der Waals surface area contributed by atoms with Crippen molar-refractivity contribution in [3.8, 4) is 5.75 Å². The average molecular weight is 364 g/mol. The van der Waals surface area contributed by atoms with Gasteiger partial charge in [0.05, 0.1) is 13.0 Å². The molecule has 1 atom stereocenters. The van der Waals surface area contributed by atoms with Crippen LogP contribution in [0.5, 0.6) is 5.75 Å². The Morgan fingerprint density at radius 1 is 1.04 bits per heavy atom. The van der Waals surface area contributed by atoms with Crippen molar-refractivity contribution in [1.29, 1.82) is 0 Å². The zero-order valence-corrected chi connectivity index (χ0v) is 15.8. The molecule has 1 aliphatic heterocycles. The van der Waals surface area contributed by atoms with Crippen LogP contribution in [-0.4, -0.2) is 49.9 Å². The lowest BCUT2D eigenvalue weighted by Gasteiger charge is -2.37. The number of ketones is 1. The molecule has 0 N–H and O–H groups in total. The fraction of sp³-hybridized carbons (Fsp3) is 0.364. The average Bonchev–Trinajstić information content (AvgIpc) is 3.06. The summed E-state index contributed by atoms with van der Waals surface area (Å²) in [4.78, 5) is 29.6. The maximum absolute atomic E-state index is 13.1. The van der Waals surface area contributed by atoms with Crippen molar-refractivity contribution < 1.29 is 14.3 Å². The first-order chi connectivity index (χ1) is 13.1. The lowest BCUT2D eigenvalue weighted by Crippen LogP contribution is -2.50. The third kappa shape index (κ3) is 3.18. The third-order valence-electron chi connectivity index (χ3n) is 5.69. The van der Waals surface area contributed by atoms with Crippen LogP contribution in [0.25, 0.3) is 0 Å². The molecule has 2 aromatic rings. The van der Waals surface area contributed by atoms with Crippen LogP contribution in [0.15, 0.2) is 42.5 Å². The first kappa shape index (κ1) is 17.6. The molecule has 0 saturated carbocycles. The second-order valence-electron chi connectivity index (χ2n) is 7.23. The second-order valence-corrected chi connectivity index (χ2v) is 7.23. The Balaban J connectivity index is 1.44. The third-order valence-corrected chi connectivity index (χ3v) is 5.69. The van der Waals surface area contributed by atoms with Crippen LogP contribution < -0.4 is 9.64 Å². The number of amides is 1. The minimum Gasteiger partial charge on any atom is -0.497 e. The molecule has 0 spiro atoms. The molecule has 0 bridgehead atoms. The molecular formula is C22H24N2O3. The molecule has 2 aliphatic rings. The summed E-state index contributed by atoms with van der Waals surface area (Å²) in [6.07, 6.45) is 0.303. The van der Waals surface area contributed by atoms with E-state index in [0.717, 1.165) is 41.2 Å². The minimum atomic E-state index is -0.318. The van der Waals surface area contributed by atoms with Gasteiger partial charge in [0.2, 0.25) is 5.91 Å². The zero-order chi connectivity index (χ0) is 19.0. The highest BCUT2D eigenvalue weighted by atomic mass is 16.5. The van der Waals surface area contributed by atoms with Gasteiger partial charge in [0, 0.05) is 43.9 Å². The van der Waals surface area contributed by atoms with Gasteiger partial charge in [-0.25, -0.2) is 0 Å².